The number of aromatic nitrogens is 1. The fourth-order valence-electron chi connectivity index (χ4n) is 7.12. The zero-order valence-electron chi connectivity index (χ0n) is 21.5. The molecule has 1 amide bonds. The summed E-state index contributed by atoms with van der Waals surface area (Å²) >= 11 is 0. The number of hydrogen-bond donors (Lipinski definition) is 2. The van der Waals surface area contributed by atoms with Crippen molar-refractivity contribution in [3.63, 3.8) is 0 Å². The van der Waals surface area contributed by atoms with Gasteiger partial charge in [0, 0.05) is 65.7 Å². The van der Waals surface area contributed by atoms with Gasteiger partial charge in [0.25, 0.3) is 0 Å². The summed E-state index contributed by atoms with van der Waals surface area (Å²) in [4.78, 5) is 21.1. The van der Waals surface area contributed by atoms with Gasteiger partial charge in [0.2, 0.25) is 5.91 Å². The number of fused-ring (bicyclic) bond motifs is 4. The van der Waals surface area contributed by atoms with E-state index in [1.165, 1.54) is 11.6 Å². The lowest BCUT2D eigenvalue weighted by Gasteiger charge is -2.50. The zero-order chi connectivity index (χ0) is 25.6. The van der Waals surface area contributed by atoms with Gasteiger partial charge < -0.3 is 19.7 Å². The Kier molecular flexibility index (Phi) is 6.45. The maximum absolute atomic E-state index is 14.7. The minimum atomic E-state index is -0.267. The van der Waals surface area contributed by atoms with Crippen LogP contribution in [0.2, 0.25) is 0 Å². The number of aliphatic hydroxyl groups excluding tert-OH is 1. The molecule has 2 N–H and O–H groups in total. The van der Waals surface area contributed by atoms with Crippen molar-refractivity contribution in [2.24, 2.45) is 5.92 Å². The number of piperidine rings is 1. The Balaban J connectivity index is 1.39. The first-order chi connectivity index (χ1) is 18.0. The van der Waals surface area contributed by atoms with Crippen LogP contribution in [0.3, 0.4) is 0 Å². The van der Waals surface area contributed by atoms with Crippen LogP contribution in [-0.2, 0) is 16.8 Å². The Morgan fingerprint density at radius 2 is 1.92 bits per heavy atom. The second kappa shape index (κ2) is 9.76. The van der Waals surface area contributed by atoms with Gasteiger partial charge >= 0.3 is 0 Å². The van der Waals surface area contributed by atoms with Gasteiger partial charge in [-0.05, 0) is 49.4 Å². The van der Waals surface area contributed by atoms with Gasteiger partial charge in [-0.3, -0.25) is 9.69 Å². The zero-order valence-corrected chi connectivity index (χ0v) is 21.5. The monoisotopic (exact) mass is 505 g/mol. The van der Waals surface area contributed by atoms with Crippen molar-refractivity contribution in [1.29, 1.82) is 0 Å². The van der Waals surface area contributed by atoms with Crippen LogP contribution in [0, 0.1) is 11.7 Å². The molecule has 1 spiro atoms. The van der Waals surface area contributed by atoms with E-state index in [4.69, 9.17) is 4.74 Å². The number of aliphatic hydroxyl groups is 1. The maximum atomic E-state index is 14.7. The van der Waals surface area contributed by atoms with Gasteiger partial charge in [0.15, 0.2) is 0 Å². The largest absolute Gasteiger partial charge is 0.497 e. The van der Waals surface area contributed by atoms with E-state index >= 15 is 0 Å². The summed E-state index contributed by atoms with van der Waals surface area (Å²) in [5.41, 5.74) is 3.68. The Morgan fingerprint density at radius 3 is 2.62 bits per heavy atom. The lowest BCUT2D eigenvalue weighted by Crippen LogP contribution is -2.54. The molecular formula is C30H36FN3O3. The number of H-pyrrole nitrogens is 1. The summed E-state index contributed by atoms with van der Waals surface area (Å²) in [6.07, 6.45) is 6.05. The van der Waals surface area contributed by atoms with Gasteiger partial charge in [-0.25, -0.2) is 4.39 Å². The minimum Gasteiger partial charge on any atom is -0.497 e. The number of halogens is 1. The summed E-state index contributed by atoms with van der Waals surface area (Å²) < 4.78 is 20.2. The highest BCUT2D eigenvalue weighted by Crippen LogP contribution is 2.49. The number of benzene rings is 2. The number of likely N-dealkylation sites (tertiary alicyclic amines) is 1. The number of hydrogen-bond acceptors (Lipinski definition) is 4. The molecule has 3 heterocycles. The van der Waals surface area contributed by atoms with Crippen LogP contribution in [0.15, 0.2) is 42.5 Å². The minimum absolute atomic E-state index is 0.0617. The summed E-state index contributed by atoms with van der Waals surface area (Å²) in [5.74, 6) is 1.06. The number of carbonyl (C=O) groups is 1. The van der Waals surface area contributed by atoms with Crippen molar-refractivity contribution in [2.45, 2.75) is 56.5 Å². The molecule has 6 rings (SSSR count). The second-order valence-electron chi connectivity index (χ2n) is 11.1. The average molecular weight is 506 g/mol. The summed E-state index contributed by atoms with van der Waals surface area (Å²) in [7, 11) is 1.66. The lowest BCUT2D eigenvalue weighted by atomic mass is 9.68. The van der Waals surface area contributed by atoms with Gasteiger partial charge in [0.05, 0.1) is 19.8 Å². The molecule has 37 heavy (non-hydrogen) atoms. The number of ether oxygens (including phenoxy) is 1. The van der Waals surface area contributed by atoms with E-state index in [0.29, 0.717) is 24.6 Å². The van der Waals surface area contributed by atoms with Crippen LogP contribution >= 0.6 is 0 Å². The van der Waals surface area contributed by atoms with Crippen molar-refractivity contribution in [3.05, 3.63) is 65.1 Å². The molecule has 1 aromatic heterocycles. The Bertz CT molecular complexity index is 1290. The third-order valence-corrected chi connectivity index (χ3v) is 9.09. The molecule has 3 aromatic rings. The highest BCUT2D eigenvalue weighted by atomic mass is 19.1. The van der Waals surface area contributed by atoms with E-state index in [2.05, 4.69) is 20.9 Å². The van der Waals surface area contributed by atoms with E-state index in [-0.39, 0.29) is 29.8 Å². The standard InChI is InChI=1S/C30H36FN3O3/c1-37-22-10-11-23-25(16-22)32-28-26(18-35)34(17-21-8-4-5-9-24(21)31)19-30(27(23)28)12-14-33(15-13-30)29(36)20-6-2-3-7-20/h4-5,8-11,16,20,26,32,35H,2-3,6-7,12-15,17-19H2,1H3/t26-/m0/s1. The van der Waals surface area contributed by atoms with E-state index in [0.717, 1.165) is 74.0 Å². The number of nitrogens with zero attached hydrogens (tertiary/aromatic N) is 2. The number of aromatic amines is 1. The van der Waals surface area contributed by atoms with E-state index in [1.807, 2.05) is 24.3 Å². The molecule has 3 aliphatic rings. The van der Waals surface area contributed by atoms with Gasteiger partial charge in [0.1, 0.15) is 11.6 Å². The maximum Gasteiger partial charge on any atom is 0.225 e. The molecular weight excluding hydrogens is 469 g/mol. The van der Waals surface area contributed by atoms with Crippen LogP contribution in [0.5, 0.6) is 5.75 Å². The van der Waals surface area contributed by atoms with Crippen molar-refractivity contribution < 1.29 is 19.0 Å². The van der Waals surface area contributed by atoms with Crippen LogP contribution < -0.4 is 4.74 Å². The van der Waals surface area contributed by atoms with Crippen LogP contribution in [0.4, 0.5) is 4.39 Å². The second-order valence-corrected chi connectivity index (χ2v) is 11.1. The highest BCUT2D eigenvalue weighted by Gasteiger charge is 2.48. The smallest absolute Gasteiger partial charge is 0.225 e. The summed E-state index contributed by atoms with van der Waals surface area (Å²) in [5, 5.41) is 11.7. The molecule has 1 saturated carbocycles. The first-order valence-corrected chi connectivity index (χ1v) is 13.6. The highest BCUT2D eigenvalue weighted by molar-refractivity contribution is 5.88. The topological polar surface area (TPSA) is 68.8 Å². The fraction of sp³-hybridized carbons (Fsp3) is 0.500. The molecule has 1 saturated heterocycles. The van der Waals surface area contributed by atoms with Crippen LogP contribution in [0.1, 0.15) is 61.4 Å². The van der Waals surface area contributed by atoms with E-state index < -0.39 is 0 Å². The number of amides is 1. The van der Waals surface area contributed by atoms with Crippen LogP contribution in [0.25, 0.3) is 10.9 Å². The van der Waals surface area contributed by atoms with Crippen molar-refractivity contribution in [1.82, 2.24) is 14.8 Å². The molecule has 2 fully saturated rings. The third-order valence-electron chi connectivity index (χ3n) is 9.09. The Hall–Kier alpha value is -2.90. The predicted octanol–water partition coefficient (Wildman–Crippen LogP) is 4.92. The Labute approximate surface area is 217 Å². The van der Waals surface area contributed by atoms with Gasteiger partial charge in [-0.2, -0.15) is 0 Å². The molecule has 2 aromatic carbocycles. The molecule has 1 aliphatic carbocycles. The fourth-order valence-corrected chi connectivity index (χ4v) is 7.12. The van der Waals surface area contributed by atoms with E-state index in [1.54, 1.807) is 13.2 Å². The molecule has 1 atom stereocenters. The first-order valence-electron chi connectivity index (χ1n) is 13.6. The number of rotatable bonds is 5. The quantitative estimate of drug-likeness (QED) is 0.517. The molecule has 0 bridgehead atoms. The van der Waals surface area contributed by atoms with Gasteiger partial charge in [-0.1, -0.05) is 31.0 Å². The normalized spacial score (nSPS) is 22.0. The van der Waals surface area contributed by atoms with Crippen molar-refractivity contribution in [2.75, 3.05) is 33.4 Å². The molecule has 0 unspecified atom stereocenters. The predicted molar refractivity (Wildman–Crippen MR) is 141 cm³/mol. The first kappa shape index (κ1) is 24.4. The van der Waals surface area contributed by atoms with Gasteiger partial charge in [-0.15, -0.1) is 0 Å². The van der Waals surface area contributed by atoms with E-state index in [9.17, 15) is 14.3 Å². The van der Waals surface area contributed by atoms with Crippen LogP contribution in [-0.4, -0.2) is 59.1 Å². The molecule has 2 aliphatic heterocycles. The molecule has 0 radical (unpaired) electrons. The molecule has 6 nitrogen and oxygen atoms in total. The molecule has 7 heteroatoms. The number of nitrogens with one attached hydrogen (secondary N) is 1. The van der Waals surface area contributed by atoms with Crippen molar-refractivity contribution in [3.8, 4) is 5.75 Å². The SMILES string of the molecule is COc1ccc2c3c([nH]c2c1)[C@H](CO)N(Cc1ccccc1F)CC31CCN(C(=O)C2CCCC2)CC1. The number of carbonyl (C=O) groups excluding carboxylic acids is 1. The third kappa shape index (κ3) is 4.22. The Morgan fingerprint density at radius 1 is 1.16 bits per heavy atom. The molecule has 196 valence electrons. The average Bonchev–Trinajstić information content (AvgIpc) is 3.59. The van der Waals surface area contributed by atoms with Crippen molar-refractivity contribution >= 4 is 16.8 Å². The summed E-state index contributed by atoms with van der Waals surface area (Å²) in [6.45, 7) is 2.53. The number of methoxy groups -OCH3 is 1. The lowest BCUT2D eigenvalue weighted by molar-refractivity contribution is -0.137. The summed E-state index contributed by atoms with van der Waals surface area (Å²) in [6, 6.07) is 12.7.